The second-order valence-electron chi connectivity index (χ2n) is 13.6. The first-order valence-electron chi connectivity index (χ1n) is 14.2. The highest BCUT2D eigenvalue weighted by atomic mass is 35.5. The molecular weight excluding hydrogens is 526 g/mol. The van der Waals surface area contributed by atoms with Gasteiger partial charge >= 0.3 is 0 Å². The topological polar surface area (TPSA) is 92.4 Å². The van der Waals surface area contributed by atoms with Gasteiger partial charge in [-0.15, -0.1) is 0 Å². The minimum Gasteiger partial charge on any atom is -0.390 e. The van der Waals surface area contributed by atoms with E-state index >= 15 is 0 Å². The molecule has 4 aliphatic carbocycles. The van der Waals surface area contributed by atoms with Gasteiger partial charge in [-0.1, -0.05) is 50.4 Å². The monoisotopic (exact) mass is 568 g/mol. The molecule has 2 amide bonds. The lowest BCUT2D eigenvalue weighted by Crippen LogP contribution is -2.49. The highest BCUT2D eigenvalue weighted by Gasteiger charge is 2.52. The molecule has 0 radical (unpaired) electrons. The number of hydrogen-bond donors (Lipinski definition) is 3. The van der Waals surface area contributed by atoms with Crippen LogP contribution in [0.15, 0.2) is 12.1 Å². The van der Waals surface area contributed by atoms with Gasteiger partial charge in [0.15, 0.2) is 0 Å². The summed E-state index contributed by atoms with van der Waals surface area (Å²) >= 11 is 12.6. The van der Waals surface area contributed by atoms with Gasteiger partial charge in [0.1, 0.15) is 5.82 Å². The summed E-state index contributed by atoms with van der Waals surface area (Å²) in [6, 6.07) is 2.48. The fourth-order valence-corrected chi connectivity index (χ4v) is 7.21. The van der Waals surface area contributed by atoms with Crippen LogP contribution in [0.25, 0.3) is 0 Å². The van der Waals surface area contributed by atoms with Crippen LogP contribution in [0.4, 0.5) is 4.39 Å². The number of aliphatic hydroxyl groups is 1. The van der Waals surface area contributed by atoms with Crippen LogP contribution in [0.1, 0.15) is 109 Å². The first-order valence-corrected chi connectivity index (χ1v) is 14.9. The Morgan fingerprint density at radius 3 is 2.21 bits per heavy atom. The van der Waals surface area contributed by atoms with Gasteiger partial charge in [0.05, 0.1) is 21.7 Å². The van der Waals surface area contributed by atoms with E-state index in [1.165, 1.54) is 12.1 Å². The number of carbonyl (C=O) groups is 2. The van der Waals surface area contributed by atoms with Gasteiger partial charge < -0.3 is 16.2 Å². The number of amides is 2. The second-order valence-corrected chi connectivity index (χ2v) is 14.4. The van der Waals surface area contributed by atoms with Crippen molar-refractivity contribution in [3.05, 3.63) is 33.6 Å². The highest BCUT2D eigenvalue weighted by molar-refractivity contribution is 6.42. The number of nitrogens with two attached hydrogens (primary N) is 1. The molecule has 0 aliphatic heterocycles. The SMILES string of the molecule is CC(C)(C)CCC1(O)CC(C(N)=O)C1.O=C(NC(c1c(F)ccc(Cl)c1Cl)C12CCC(CC1)C2)C1CCC1. The quantitative estimate of drug-likeness (QED) is 0.306. The zero-order valence-corrected chi connectivity index (χ0v) is 24.4. The molecule has 0 saturated heterocycles. The minimum absolute atomic E-state index is 0.0476. The number of primary amides is 1. The van der Waals surface area contributed by atoms with Gasteiger partial charge in [-0.25, -0.2) is 4.39 Å². The molecule has 1 aromatic carbocycles. The Hall–Kier alpha value is -1.37. The van der Waals surface area contributed by atoms with E-state index in [-0.39, 0.29) is 51.4 Å². The van der Waals surface area contributed by atoms with E-state index in [9.17, 15) is 19.1 Å². The van der Waals surface area contributed by atoms with Gasteiger partial charge in [0.2, 0.25) is 11.8 Å². The lowest BCUT2D eigenvalue weighted by Gasteiger charge is -2.43. The van der Waals surface area contributed by atoms with Crippen molar-refractivity contribution in [2.75, 3.05) is 0 Å². The minimum atomic E-state index is -0.618. The fraction of sp³-hybridized carbons (Fsp3) is 0.733. The molecule has 38 heavy (non-hydrogen) atoms. The standard InChI is InChI=1S/C19H22Cl2FNO.C11H21NO2/c20-13-4-5-14(22)15(16(13)21)17(23-18(24)12-2-1-3-12)19-8-6-11(10-19)7-9-19;1-10(2,3)4-5-11(14)6-8(7-11)9(12)13/h4-5,11-12,17H,1-3,6-10H2,(H,23,24);8,14H,4-7H2,1-3H3,(H2,12,13). The molecule has 0 aromatic heterocycles. The number of hydrogen-bond acceptors (Lipinski definition) is 3. The third-order valence-corrected chi connectivity index (χ3v) is 10.4. The summed E-state index contributed by atoms with van der Waals surface area (Å²) < 4.78 is 14.7. The molecule has 1 aromatic rings. The van der Waals surface area contributed by atoms with Crippen molar-refractivity contribution in [2.24, 2.45) is 34.3 Å². The molecule has 0 heterocycles. The molecule has 1 atom stereocenters. The van der Waals surface area contributed by atoms with Crippen LogP contribution in [0, 0.1) is 34.4 Å². The Morgan fingerprint density at radius 1 is 1.11 bits per heavy atom. The first-order chi connectivity index (χ1) is 17.7. The number of benzene rings is 1. The van der Waals surface area contributed by atoms with Crippen LogP contribution in [0.3, 0.4) is 0 Å². The number of nitrogens with one attached hydrogen (secondary N) is 1. The van der Waals surface area contributed by atoms with Crippen LogP contribution in [-0.4, -0.2) is 22.5 Å². The fourth-order valence-electron chi connectivity index (χ4n) is 6.78. The van der Waals surface area contributed by atoms with Crippen molar-refractivity contribution in [3.8, 4) is 0 Å². The second kappa shape index (κ2) is 11.2. The predicted molar refractivity (Wildman–Crippen MR) is 149 cm³/mol. The van der Waals surface area contributed by atoms with Crippen LogP contribution in [0.5, 0.6) is 0 Å². The van der Waals surface area contributed by atoms with Crippen LogP contribution in [-0.2, 0) is 9.59 Å². The van der Waals surface area contributed by atoms with Crippen molar-refractivity contribution < 1.29 is 19.1 Å². The lowest BCUT2D eigenvalue weighted by atomic mass is 9.67. The maximum atomic E-state index is 14.7. The van der Waals surface area contributed by atoms with E-state index in [2.05, 4.69) is 26.1 Å². The molecule has 4 aliphatic rings. The van der Waals surface area contributed by atoms with Crippen molar-refractivity contribution in [3.63, 3.8) is 0 Å². The van der Waals surface area contributed by atoms with Crippen molar-refractivity contribution in [2.45, 2.75) is 109 Å². The Balaban J connectivity index is 0.000000206. The molecule has 2 bridgehead atoms. The zero-order valence-electron chi connectivity index (χ0n) is 22.9. The van der Waals surface area contributed by atoms with Gasteiger partial charge in [-0.2, -0.15) is 0 Å². The summed E-state index contributed by atoms with van der Waals surface area (Å²) in [5.74, 6) is 0.0857. The normalized spacial score (nSPS) is 31.0. The van der Waals surface area contributed by atoms with E-state index in [0.29, 0.717) is 29.3 Å². The Morgan fingerprint density at radius 2 is 1.74 bits per heavy atom. The van der Waals surface area contributed by atoms with Crippen LogP contribution < -0.4 is 11.1 Å². The van der Waals surface area contributed by atoms with Crippen LogP contribution in [0.2, 0.25) is 10.0 Å². The average Bonchev–Trinajstić information content (AvgIpc) is 3.39. The summed E-state index contributed by atoms with van der Waals surface area (Å²) in [7, 11) is 0. The van der Waals surface area contributed by atoms with Crippen LogP contribution >= 0.6 is 23.2 Å². The predicted octanol–water partition coefficient (Wildman–Crippen LogP) is 7.11. The summed E-state index contributed by atoms with van der Waals surface area (Å²) in [4.78, 5) is 23.4. The number of carbonyl (C=O) groups excluding carboxylic acids is 2. The van der Waals surface area contributed by atoms with E-state index in [1.807, 2.05) is 0 Å². The Kier molecular flexibility index (Phi) is 8.77. The average molecular weight is 570 g/mol. The summed E-state index contributed by atoms with van der Waals surface area (Å²) in [6.45, 7) is 6.46. The molecule has 4 N–H and O–H groups in total. The summed E-state index contributed by atoms with van der Waals surface area (Å²) in [5, 5.41) is 13.8. The molecule has 5 rings (SSSR count). The lowest BCUT2D eigenvalue weighted by molar-refractivity contribution is -0.139. The molecule has 0 spiro atoms. The largest absolute Gasteiger partial charge is 0.390 e. The first kappa shape index (κ1) is 29.6. The smallest absolute Gasteiger partial charge is 0.223 e. The van der Waals surface area contributed by atoms with E-state index < -0.39 is 5.60 Å². The number of halogens is 3. The van der Waals surface area contributed by atoms with E-state index in [1.54, 1.807) is 0 Å². The molecule has 4 fully saturated rings. The van der Waals surface area contributed by atoms with E-state index in [4.69, 9.17) is 28.9 Å². The van der Waals surface area contributed by atoms with E-state index in [0.717, 1.165) is 64.2 Å². The number of rotatable bonds is 7. The van der Waals surface area contributed by atoms with Gasteiger partial charge in [-0.3, -0.25) is 9.59 Å². The number of fused-ring (bicyclic) bond motifs is 2. The third-order valence-electron chi connectivity index (χ3n) is 9.53. The third kappa shape index (κ3) is 6.50. The Bertz CT molecular complexity index is 1040. The van der Waals surface area contributed by atoms with Crippen molar-refractivity contribution in [1.82, 2.24) is 5.32 Å². The molecule has 1 unspecified atom stereocenters. The zero-order chi connectivity index (χ0) is 27.9. The molecule has 4 saturated carbocycles. The van der Waals surface area contributed by atoms with Gasteiger partial charge in [0.25, 0.3) is 0 Å². The maximum absolute atomic E-state index is 14.7. The Labute approximate surface area is 236 Å². The van der Waals surface area contributed by atoms with Crippen molar-refractivity contribution in [1.29, 1.82) is 0 Å². The van der Waals surface area contributed by atoms with Crippen molar-refractivity contribution >= 4 is 35.0 Å². The van der Waals surface area contributed by atoms with Gasteiger partial charge in [-0.05, 0) is 99.5 Å². The van der Waals surface area contributed by atoms with Gasteiger partial charge in [0, 0.05) is 17.4 Å². The molecular formula is C30H43Cl2FN2O3. The molecule has 5 nitrogen and oxygen atoms in total. The maximum Gasteiger partial charge on any atom is 0.223 e. The highest BCUT2D eigenvalue weighted by Crippen LogP contribution is 2.61. The molecule has 212 valence electrons. The molecule has 8 heteroatoms. The summed E-state index contributed by atoms with van der Waals surface area (Å²) in [6.07, 6.45) is 11.2. The summed E-state index contributed by atoms with van der Waals surface area (Å²) in [5.41, 5.74) is 5.09.